The van der Waals surface area contributed by atoms with Gasteiger partial charge in [-0.2, -0.15) is 5.26 Å². The number of hydrogen-bond acceptors (Lipinski definition) is 6. The van der Waals surface area contributed by atoms with E-state index in [4.69, 9.17) is 14.4 Å². The molecule has 1 heterocycles. The Hall–Kier alpha value is -4.38. The van der Waals surface area contributed by atoms with Crippen molar-refractivity contribution in [2.24, 2.45) is 0 Å². The number of nitriles is 1. The van der Waals surface area contributed by atoms with Crippen LogP contribution in [0.3, 0.4) is 0 Å². The van der Waals surface area contributed by atoms with E-state index in [-0.39, 0.29) is 22.6 Å². The number of rotatable bonds is 6. The number of ether oxygens (including phenoxy) is 1. The fourth-order valence-electron chi connectivity index (χ4n) is 2.45. The molecule has 0 saturated carbocycles. The van der Waals surface area contributed by atoms with Crippen LogP contribution >= 0.6 is 0 Å². The summed E-state index contributed by atoms with van der Waals surface area (Å²) in [6.07, 6.45) is 1.36. The molecule has 0 radical (unpaired) electrons. The first-order valence-electron chi connectivity index (χ1n) is 8.48. The van der Waals surface area contributed by atoms with Gasteiger partial charge in [0.2, 0.25) is 0 Å². The average Bonchev–Trinajstić information content (AvgIpc) is 3.28. The minimum absolute atomic E-state index is 0.0811. The first kappa shape index (κ1) is 19.4. The molecule has 29 heavy (non-hydrogen) atoms. The largest absolute Gasteiger partial charge is 0.459 e. The minimum atomic E-state index is -0.788. The molecule has 0 unspecified atom stereocenters. The zero-order valence-corrected chi connectivity index (χ0v) is 15.0. The molecule has 8 nitrogen and oxygen atoms in total. The van der Waals surface area contributed by atoms with E-state index in [2.05, 4.69) is 10.6 Å². The van der Waals surface area contributed by atoms with Crippen molar-refractivity contribution in [3.05, 3.63) is 83.8 Å². The number of nitrogens with zero attached hydrogens (tertiary/aromatic N) is 1. The number of benzene rings is 2. The molecule has 0 aliphatic carbocycles. The van der Waals surface area contributed by atoms with E-state index in [1.54, 1.807) is 42.5 Å². The monoisotopic (exact) mass is 389 g/mol. The number of furan rings is 1. The Kier molecular flexibility index (Phi) is 6.02. The van der Waals surface area contributed by atoms with Crippen molar-refractivity contribution in [2.45, 2.75) is 0 Å². The van der Waals surface area contributed by atoms with Gasteiger partial charge in [-0.3, -0.25) is 9.59 Å². The number of amides is 2. The SMILES string of the molecule is N#Cc1ccccc1NC(=O)COC(=O)c1ccccc1NC(=O)c1ccco1. The highest BCUT2D eigenvalue weighted by molar-refractivity contribution is 6.07. The van der Waals surface area contributed by atoms with Crippen molar-refractivity contribution in [2.75, 3.05) is 17.2 Å². The molecule has 2 aromatic carbocycles. The van der Waals surface area contributed by atoms with Crippen LogP contribution in [0.1, 0.15) is 26.5 Å². The van der Waals surface area contributed by atoms with Gasteiger partial charge in [-0.1, -0.05) is 24.3 Å². The molecule has 2 N–H and O–H groups in total. The Labute approximate surface area is 165 Å². The van der Waals surface area contributed by atoms with E-state index in [9.17, 15) is 14.4 Å². The molecule has 8 heteroatoms. The summed E-state index contributed by atoms with van der Waals surface area (Å²) in [5.74, 6) is -1.83. The minimum Gasteiger partial charge on any atom is -0.459 e. The highest BCUT2D eigenvalue weighted by atomic mass is 16.5. The van der Waals surface area contributed by atoms with Crippen LogP contribution < -0.4 is 10.6 Å². The van der Waals surface area contributed by atoms with Gasteiger partial charge in [-0.25, -0.2) is 4.79 Å². The van der Waals surface area contributed by atoms with Crippen LogP contribution in [0.2, 0.25) is 0 Å². The quantitative estimate of drug-likeness (QED) is 0.625. The maximum Gasteiger partial charge on any atom is 0.340 e. The van der Waals surface area contributed by atoms with Crippen LogP contribution in [-0.2, 0) is 9.53 Å². The maximum absolute atomic E-state index is 12.4. The fourth-order valence-corrected chi connectivity index (χ4v) is 2.45. The van der Waals surface area contributed by atoms with Crippen molar-refractivity contribution in [3.8, 4) is 6.07 Å². The highest BCUT2D eigenvalue weighted by Gasteiger charge is 2.17. The first-order valence-corrected chi connectivity index (χ1v) is 8.48. The average molecular weight is 389 g/mol. The van der Waals surface area contributed by atoms with Gasteiger partial charge in [0.15, 0.2) is 12.4 Å². The summed E-state index contributed by atoms with van der Waals surface area (Å²) in [7, 11) is 0. The van der Waals surface area contributed by atoms with Crippen molar-refractivity contribution in [1.82, 2.24) is 0 Å². The lowest BCUT2D eigenvalue weighted by atomic mass is 10.1. The molecular formula is C21H15N3O5. The van der Waals surface area contributed by atoms with E-state index in [0.29, 0.717) is 5.69 Å². The molecular weight excluding hydrogens is 374 g/mol. The van der Waals surface area contributed by atoms with Crippen molar-refractivity contribution < 1.29 is 23.5 Å². The molecule has 3 rings (SSSR count). The molecule has 1 aromatic heterocycles. The molecule has 3 aromatic rings. The van der Waals surface area contributed by atoms with E-state index < -0.39 is 24.4 Å². The molecule has 0 spiro atoms. The standard InChI is InChI=1S/C21H15N3O5/c22-12-14-6-1-3-8-16(14)23-19(25)13-29-21(27)15-7-2-4-9-17(15)24-20(26)18-10-5-11-28-18/h1-11H,13H2,(H,23,25)(H,24,26). The van der Waals surface area contributed by atoms with Gasteiger partial charge in [0.05, 0.1) is 28.8 Å². The summed E-state index contributed by atoms with van der Waals surface area (Å²) in [4.78, 5) is 36.6. The summed E-state index contributed by atoms with van der Waals surface area (Å²) >= 11 is 0. The lowest BCUT2D eigenvalue weighted by Crippen LogP contribution is -2.22. The Balaban J connectivity index is 1.63. The number of nitrogens with one attached hydrogen (secondary N) is 2. The lowest BCUT2D eigenvalue weighted by molar-refractivity contribution is -0.119. The molecule has 0 aliphatic heterocycles. The smallest absolute Gasteiger partial charge is 0.340 e. The number of hydrogen-bond donors (Lipinski definition) is 2. The van der Waals surface area contributed by atoms with E-state index >= 15 is 0 Å². The fraction of sp³-hybridized carbons (Fsp3) is 0.0476. The molecule has 144 valence electrons. The second-order valence-corrected chi connectivity index (χ2v) is 5.76. The summed E-state index contributed by atoms with van der Waals surface area (Å²) in [6.45, 7) is -0.556. The third-order valence-electron chi connectivity index (χ3n) is 3.80. The third kappa shape index (κ3) is 4.87. The van der Waals surface area contributed by atoms with Gasteiger partial charge in [0.1, 0.15) is 6.07 Å². The van der Waals surface area contributed by atoms with Crippen LogP contribution in [0.25, 0.3) is 0 Å². The molecule has 0 bridgehead atoms. The van der Waals surface area contributed by atoms with Crippen molar-refractivity contribution >= 4 is 29.2 Å². The Morgan fingerprint density at radius 3 is 2.38 bits per heavy atom. The van der Waals surface area contributed by atoms with Crippen LogP contribution in [-0.4, -0.2) is 24.4 Å². The summed E-state index contributed by atoms with van der Waals surface area (Å²) < 4.78 is 10.1. The van der Waals surface area contributed by atoms with Crippen LogP contribution in [0, 0.1) is 11.3 Å². The Bertz CT molecular complexity index is 1080. The third-order valence-corrected chi connectivity index (χ3v) is 3.80. The second kappa shape index (κ2) is 9.01. The van der Waals surface area contributed by atoms with Crippen LogP contribution in [0.5, 0.6) is 0 Å². The molecule has 0 saturated heterocycles. The molecule has 0 fully saturated rings. The number of esters is 1. The van der Waals surface area contributed by atoms with Gasteiger partial charge >= 0.3 is 5.97 Å². The predicted molar refractivity (Wildman–Crippen MR) is 103 cm³/mol. The van der Waals surface area contributed by atoms with Crippen LogP contribution in [0.4, 0.5) is 11.4 Å². The summed E-state index contributed by atoms with van der Waals surface area (Å²) in [6, 6.07) is 17.7. The summed E-state index contributed by atoms with van der Waals surface area (Å²) in [5, 5.41) is 14.1. The molecule has 0 aliphatic rings. The lowest BCUT2D eigenvalue weighted by Gasteiger charge is -2.11. The van der Waals surface area contributed by atoms with Gasteiger partial charge in [0, 0.05) is 0 Å². The predicted octanol–water partition coefficient (Wildman–Crippen LogP) is 3.20. The molecule has 0 atom stereocenters. The van der Waals surface area contributed by atoms with E-state index in [1.807, 2.05) is 6.07 Å². The second-order valence-electron chi connectivity index (χ2n) is 5.76. The normalized spacial score (nSPS) is 9.90. The van der Waals surface area contributed by atoms with Crippen LogP contribution in [0.15, 0.2) is 71.3 Å². The van der Waals surface area contributed by atoms with Gasteiger partial charge in [0.25, 0.3) is 11.8 Å². The number of para-hydroxylation sites is 2. The van der Waals surface area contributed by atoms with E-state index in [1.165, 1.54) is 24.5 Å². The number of carbonyl (C=O) groups is 3. The maximum atomic E-state index is 12.4. The number of anilines is 2. The van der Waals surface area contributed by atoms with E-state index in [0.717, 1.165) is 0 Å². The topological polar surface area (TPSA) is 121 Å². The van der Waals surface area contributed by atoms with Gasteiger partial charge < -0.3 is 19.8 Å². The van der Waals surface area contributed by atoms with Crippen molar-refractivity contribution in [1.29, 1.82) is 5.26 Å². The zero-order valence-electron chi connectivity index (χ0n) is 15.0. The van der Waals surface area contributed by atoms with Gasteiger partial charge in [-0.05, 0) is 36.4 Å². The number of carbonyl (C=O) groups excluding carboxylic acids is 3. The Morgan fingerprint density at radius 1 is 0.931 bits per heavy atom. The summed E-state index contributed by atoms with van der Waals surface area (Å²) in [5.41, 5.74) is 0.909. The zero-order chi connectivity index (χ0) is 20.6. The first-order chi connectivity index (χ1) is 14.1. The Morgan fingerprint density at radius 2 is 1.66 bits per heavy atom. The van der Waals surface area contributed by atoms with Crippen molar-refractivity contribution in [3.63, 3.8) is 0 Å². The van der Waals surface area contributed by atoms with Gasteiger partial charge in [-0.15, -0.1) is 0 Å². The molecule has 2 amide bonds. The highest BCUT2D eigenvalue weighted by Crippen LogP contribution is 2.18.